The zero-order valence-electron chi connectivity index (χ0n) is 14.7. The first-order valence-corrected chi connectivity index (χ1v) is 8.85. The minimum Gasteiger partial charge on any atom is -0.347 e. The summed E-state index contributed by atoms with van der Waals surface area (Å²) < 4.78 is 2.28. The summed E-state index contributed by atoms with van der Waals surface area (Å²) in [6.45, 7) is 4.35. The molecule has 0 aliphatic carbocycles. The van der Waals surface area contributed by atoms with Crippen molar-refractivity contribution in [1.29, 1.82) is 5.26 Å². The third kappa shape index (κ3) is 2.80. The van der Waals surface area contributed by atoms with Crippen molar-refractivity contribution in [2.24, 2.45) is 0 Å². The van der Waals surface area contributed by atoms with Gasteiger partial charge in [0, 0.05) is 42.4 Å². The topological polar surface area (TPSA) is 61.1 Å². The summed E-state index contributed by atoms with van der Waals surface area (Å²) >= 11 is 0. The van der Waals surface area contributed by atoms with E-state index in [1.807, 2.05) is 4.90 Å². The minimum atomic E-state index is -0.134. The second-order valence-corrected chi connectivity index (χ2v) is 6.55. The molecule has 4 rings (SSSR count). The number of carbonyl (C=O) groups excluding carboxylic acids is 1. The first-order chi connectivity index (χ1) is 12.7. The molecule has 1 aromatic heterocycles. The Bertz CT molecular complexity index is 1030. The number of nitriles is 1. The smallest absolute Gasteiger partial charge is 0.322 e. The van der Waals surface area contributed by atoms with Crippen LogP contribution in [0.3, 0.4) is 0 Å². The maximum atomic E-state index is 12.8. The van der Waals surface area contributed by atoms with Crippen molar-refractivity contribution in [3.63, 3.8) is 0 Å². The average Bonchev–Trinajstić information content (AvgIpc) is 2.92. The summed E-state index contributed by atoms with van der Waals surface area (Å²) in [6, 6.07) is 15.3. The van der Waals surface area contributed by atoms with E-state index in [-0.39, 0.29) is 6.03 Å². The summed E-state index contributed by atoms with van der Waals surface area (Å²) in [4.78, 5) is 14.6. The maximum Gasteiger partial charge on any atom is 0.322 e. The molecule has 0 fully saturated rings. The number of rotatable bonds is 2. The van der Waals surface area contributed by atoms with Gasteiger partial charge in [-0.15, -0.1) is 0 Å². The molecule has 0 saturated heterocycles. The Morgan fingerprint density at radius 3 is 2.88 bits per heavy atom. The standard InChI is InChI=1S/C21H20N4O/c1-2-24-13-17-9-10-25(14-16-6-4-8-19(24)20(16)17)21(26)23-18-7-3-5-15(11-18)12-22/h3-8,11,13H,2,9-10,14H2,1H3,(H,23,26). The van der Waals surface area contributed by atoms with Gasteiger partial charge in [-0.2, -0.15) is 5.26 Å². The molecule has 3 aromatic rings. The molecular weight excluding hydrogens is 324 g/mol. The van der Waals surface area contributed by atoms with Crippen LogP contribution >= 0.6 is 0 Å². The molecule has 2 aromatic carbocycles. The van der Waals surface area contributed by atoms with Crippen molar-refractivity contribution < 1.29 is 4.79 Å². The molecule has 130 valence electrons. The Labute approximate surface area is 152 Å². The summed E-state index contributed by atoms with van der Waals surface area (Å²) in [6.07, 6.45) is 3.05. The van der Waals surface area contributed by atoms with E-state index in [1.54, 1.807) is 24.3 Å². The lowest BCUT2D eigenvalue weighted by molar-refractivity contribution is 0.210. The molecule has 26 heavy (non-hydrogen) atoms. The van der Waals surface area contributed by atoms with Crippen LogP contribution in [0.4, 0.5) is 10.5 Å². The Morgan fingerprint density at radius 2 is 2.08 bits per heavy atom. The molecule has 1 aliphatic heterocycles. The highest BCUT2D eigenvalue weighted by molar-refractivity contribution is 5.92. The van der Waals surface area contributed by atoms with Crippen LogP contribution in [0.1, 0.15) is 23.6 Å². The second kappa shape index (κ2) is 6.57. The van der Waals surface area contributed by atoms with Gasteiger partial charge >= 0.3 is 6.03 Å². The Morgan fingerprint density at radius 1 is 1.23 bits per heavy atom. The molecular formula is C21H20N4O. The van der Waals surface area contributed by atoms with Crippen molar-refractivity contribution in [1.82, 2.24) is 9.47 Å². The van der Waals surface area contributed by atoms with Gasteiger partial charge in [0.05, 0.1) is 11.6 Å². The van der Waals surface area contributed by atoms with E-state index in [0.29, 0.717) is 24.3 Å². The van der Waals surface area contributed by atoms with Gasteiger partial charge in [0.2, 0.25) is 0 Å². The van der Waals surface area contributed by atoms with Crippen LogP contribution in [0.5, 0.6) is 0 Å². The number of urea groups is 1. The molecule has 2 amide bonds. The number of anilines is 1. The average molecular weight is 344 g/mol. The zero-order valence-corrected chi connectivity index (χ0v) is 14.7. The molecule has 0 unspecified atom stereocenters. The largest absolute Gasteiger partial charge is 0.347 e. The number of amides is 2. The van der Waals surface area contributed by atoms with Crippen LogP contribution in [-0.4, -0.2) is 22.0 Å². The van der Waals surface area contributed by atoms with Gasteiger partial charge in [0.15, 0.2) is 0 Å². The fourth-order valence-corrected chi connectivity index (χ4v) is 3.68. The second-order valence-electron chi connectivity index (χ2n) is 6.55. The number of nitrogens with zero attached hydrogens (tertiary/aromatic N) is 3. The zero-order chi connectivity index (χ0) is 18.1. The van der Waals surface area contributed by atoms with E-state index in [1.165, 1.54) is 22.0 Å². The number of aryl methyl sites for hydroxylation is 1. The van der Waals surface area contributed by atoms with E-state index < -0.39 is 0 Å². The quantitative estimate of drug-likeness (QED) is 0.760. The van der Waals surface area contributed by atoms with Crippen molar-refractivity contribution >= 4 is 22.6 Å². The van der Waals surface area contributed by atoms with Crippen molar-refractivity contribution in [3.05, 3.63) is 65.4 Å². The van der Waals surface area contributed by atoms with Crippen LogP contribution in [0.2, 0.25) is 0 Å². The number of benzene rings is 2. The maximum absolute atomic E-state index is 12.8. The predicted octanol–water partition coefficient (Wildman–Crippen LogP) is 4.12. The number of carbonyl (C=O) groups is 1. The summed E-state index contributed by atoms with van der Waals surface area (Å²) in [7, 11) is 0. The highest BCUT2D eigenvalue weighted by Crippen LogP contribution is 2.29. The monoisotopic (exact) mass is 344 g/mol. The normalized spacial score (nSPS) is 13.3. The molecule has 0 radical (unpaired) electrons. The van der Waals surface area contributed by atoms with Crippen molar-refractivity contribution in [2.75, 3.05) is 11.9 Å². The Kier molecular flexibility index (Phi) is 4.10. The van der Waals surface area contributed by atoms with Crippen molar-refractivity contribution in [3.8, 4) is 6.07 Å². The number of aromatic nitrogens is 1. The molecule has 0 saturated carbocycles. The van der Waals surface area contributed by atoms with Gasteiger partial charge in [-0.05, 0) is 48.7 Å². The molecule has 0 atom stereocenters. The minimum absolute atomic E-state index is 0.134. The Hall–Kier alpha value is -3.26. The van der Waals surface area contributed by atoms with E-state index in [9.17, 15) is 4.79 Å². The van der Waals surface area contributed by atoms with Gasteiger partial charge < -0.3 is 14.8 Å². The van der Waals surface area contributed by atoms with E-state index in [0.717, 1.165) is 13.0 Å². The van der Waals surface area contributed by atoms with Gasteiger partial charge in [-0.3, -0.25) is 0 Å². The number of hydrogen-bond acceptors (Lipinski definition) is 2. The SMILES string of the molecule is CCn1cc2c3c(cccc31)CN(C(=O)Nc1cccc(C#N)c1)CC2. The first-order valence-electron chi connectivity index (χ1n) is 8.85. The molecule has 0 spiro atoms. The summed E-state index contributed by atoms with van der Waals surface area (Å²) in [5, 5.41) is 13.2. The molecule has 0 bridgehead atoms. The van der Waals surface area contributed by atoms with Crippen LogP contribution in [0, 0.1) is 11.3 Å². The molecule has 1 aliphatic rings. The molecule has 1 N–H and O–H groups in total. The molecule has 2 heterocycles. The van der Waals surface area contributed by atoms with Crippen LogP contribution in [-0.2, 0) is 19.5 Å². The van der Waals surface area contributed by atoms with Gasteiger partial charge in [-0.1, -0.05) is 18.2 Å². The Balaban J connectivity index is 1.60. The molecule has 5 heteroatoms. The molecule has 5 nitrogen and oxygen atoms in total. The summed E-state index contributed by atoms with van der Waals surface area (Å²) in [5.74, 6) is 0. The highest BCUT2D eigenvalue weighted by Gasteiger charge is 2.22. The van der Waals surface area contributed by atoms with Crippen LogP contribution in [0.15, 0.2) is 48.7 Å². The highest BCUT2D eigenvalue weighted by atomic mass is 16.2. The summed E-state index contributed by atoms with van der Waals surface area (Å²) in [5.41, 5.74) is 4.91. The third-order valence-electron chi connectivity index (χ3n) is 4.95. The first kappa shape index (κ1) is 16.2. The number of hydrogen-bond donors (Lipinski definition) is 1. The van der Waals surface area contributed by atoms with Gasteiger partial charge in [0.1, 0.15) is 0 Å². The van der Waals surface area contributed by atoms with E-state index >= 15 is 0 Å². The van der Waals surface area contributed by atoms with Crippen molar-refractivity contribution in [2.45, 2.75) is 26.4 Å². The van der Waals surface area contributed by atoms with E-state index in [4.69, 9.17) is 5.26 Å². The third-order valence-corrected chi connectivity index (χ3v) is 4.95. The fourth-order valence-electron chi connectivity index (χ4n) is 3.68. The lowest BCUT2D eigenvalue weighted by Crippen LogP contribution is -2.35. The number of nitrogens with one attached hydrogen (secondary N) is 1. The van der Waals surface area contributed by atoms with Gasteiger partial charge in [0.25, 0.3) is 0 Å². The van der Waals surface area contributed by atoms with Gasteiger partial charge in [-0.25, -0.2) is 4.79 Å². The fraction of sp³-hybridized carbons (Fsp3) is 0.238. The lowest BCUT2D eigenvalue weighted by Gasteiger charge is -2.22. The van der Waals surface area contributed by atoms with Crippen LogP contribution < -0.4 is 5.32 Å². The van der Waals surface area contributed by atoms with Crippen LogP contribution in [0.25, 0.3) is 10.9 Å². The lowest BCUT2D eigenvalue weighted by atomic mass is 10.1. The van der Waals surface area contributed by atoms with E-state index in [2.05, 4.69) is 47.3 Å². The predicted molar refractivity (Wildman–Crippen MR) is 102 cm³/mol.